The minimum Gasteiger partial charge on any atom is -0.491 e. The highest BCUT2D eigenvalue weighted by Gasteiger charge is 2.07. The summed E-state index contributed by atoms with van der Waals surface area (Å²) in [5, 5.41) is 3.35. The molecule has 22 heavy (non-hydrogen) atoms. The van der Waals surface area contributed by atoms with E-state index in [-0.39, 0.29) is 5.91 Å². The van der Waals surface area contributed by atoms with Crippen LogP contribution >= 0.6 is 11.6 Å². The Morgan fingerprint density at radius 1 is 1.14 bits per heavy atom. The molecule has 1 amide bonds. The zero-order chi connectivity index (χ0) is 15.8. The summed E-state index contributed by atoms with van der Waals surface area (Å²) >= 11 is 5.89. The second kappa shape index (κ2) is 8.41. The molecule has 0 saturated carbocycles. The van der Waals surface area contributed by atoms with Crippen molar-refractivity contribution in [2.24, 2.45) is 0 Å². The van der Waals surface area contributed by atoms with E-state index in [1.165, 1.54) is 0 Å². The monoisotopic (exact) mass is 319 g/mol. The van der Waals surface area contributed by atoms with E-state index in [0.29, 0.717) is 41.8 Å². The van der Waals surface area contributed by atoms with Gasteiger partial charge in [-0.15, -0.1) is 0 Å². The lowest BCUT2D eigenvalue weighted by molar-refractivity contribution is 0.102. The Kier molecular flexibility index (Phi) is 6.25. The summed E-state index contributed by atoms with van der Waals surface area (Å²) in [4.78, 5) is 12.1. The van der Waals surface area contributed by atoms with Crippen LogP contribution in [0.1, 0.15) is 17.3 Å². The Labute approximate surface area is 135 Å². The molecular formula is C17H18ClNO3. The molecule has 4 nitrogen and oxygen atoms in total. The van der Waals surface area contributed by atoms with Gasteiger partial charge in [0, 0.05) is 28.9 Å². The predicted molar refractivity (Wildman–Crippen MR) is 87.8 cm³/mol. The number of ether oxygens (including phenoxy) is 2. The van der Waals surface area contributed by atoms with Crippen LogP contribution < -0.4 is 10.1 Å². The van der Waals surface area contributed by atoms with Crippen molar-refractivity contribution < 1.29 is 14.3 Å². The van der Waals surface area contributed by atoms with Crippen molar-refractivity contribution >= 4 is 23.2 Å². The molecule has 0 heterocycles. The lowest BCUT2D eigenvalue weighted by Gasteiger charge is -2.09. The summed E-state index contributed by atoms with van der Waals surface area (Å²) in [6, 6.07) is 14.0. The van der Waals surface area contributed by atoms with Crippen LogP contribution in [0.15, 0.2) is 48.5 Å². The number of carbonyl (C=O) groups is 1. The first-order chi connectivity index (χ1) is 10.7. The highest BCUT2D eigenvalue weighted by molar-refractivity contribution is 6.31. The molecule has 0 aliphatic heterocycles. The molecule has 0 spiro atoms. The maximum absolute atomic E-state index is 12.1. The zero-order valence-corrected chi connectivity index (χ0v) is 13.1. The second-order valence-corrected chi connectivity index (χ2v) is 4.97. The molecule has 1 N–H and O–H groups in total. The van der Waals surface area contributed by atoms with Crippen molar-refractivity contribution in [3.05, 3.63) is 59.1 Å². The van der Waals surface area contributed by atoms with Gasteiger partial charge in [0.15, 0.2) is 0 Å². The molecule has 0 aliphatic rings. The molecule has 0 unspecified atom stereocenters. The maximum Gasteiger partial charge on any atom is 0.255 e. The van der Waals surface area contributed by atoms with E-state index in [1.807, 2.05) is 19.1 Å². The van der Waals surface area contributed by atoms with Gasteiger partial charge in [0.1, 0.15) is 12.4 Å². The molecule has 0 aromatic heterocycles. The van der Waals surface area contributed by atoms with Gasteiger partial charge in [-0.05, 0) is 37.3 Å². The van der Waals surface area contributed by atoms with Crippen LogP contribution in [0.2, 0.25) is 5.02 Å². The molecule has 0 fully saturated rings. The molecule has 0 atom stereocenters. The highest BCUT2D eigenvalue weighted by atomic mass is 35.5. The van der Waals surface area contributed by atoms with Gasteiger partial charge in [-0.1, -0.05) is 23.7 Å². The molecular weight excluding hydrogens is 302 g/mol. The number of benzene rings is 2. The summed E-state index contributed by atoms with van der Waals surface area (Å²) < 4.78 is 10.8. The van der Waals surface area contributed by atoms with Gasteiger partial charge >= 0.3 is 0 Å². The summed E-state index contributed by atoms with van der Waals surface area (Å²) in [5.41, 5.74) is 1.18. The van der Waals surface area contributed by atoms with E-state index in [4.69, 9.17) is 21.1 Å². The van der Waals surface area contributed by atoms with Crippen molar-refractivity contribution in [1.29, 1.82) is 0 Å². The number of nitrogens with one attached hydrogen (secondary N) is 1. The summed E-state index contributed by atoms with van der Waals surface area (Å²) in [6.07, 6.45) is 0. The van der Waals surface area contributed by atoms with Crippen LogP contribution in [-0.2, 0) is 4.74 Å². The Hall–Kier alpha value is -2.04. The number of hydrogen-bond acceptors (Lipinski definition) is 3. The lowest BCUT2D eigenvalue weighted by atomic mass is 10.2. The number of carbonyl (C=O) groups excluding carboxylic acids is 1. The van der Waals surface area contributed by atoms with Crippen molar-refractivity contribution in [2.45, 2.75) is 6.92 Å². The molecule has 0 bridgehead atoms. The Balaban J connectivity index is 1.96. The number of hydrogen-bond donors (Lipinski definition) is 1. The van der Waals surface area contributed by atoms with Crippen LogP contribution in [0.3, 0.4) is 0 Å². The first kappa shape index (κ1) is 16.3. The van der Waals surface area contributed by atoms with E-state index in [1.54, 1.807) is 36.4 Å². The fraction of sp³-hybridized carbons (Fsp3) is 0.235. The quantitative estimate of drug-likeness (QED) is 0.784. The molecule has 5 heteroatoms. The van der Waals surface area contributed by atoms with Crippen LogP contribution in [0.4, 0.5) is 5.69 Å². The number of anilines is 1. The van der Waals surface area contributed by atoms with Crippen LogP contribution in [0.5, 0.6) is 5.75 Å². The van der Waals surface area contributed by atoms with Crippen molar-refractivity contribution in [3.8, 4) is 5.75 Å². The Morgan fingerprint density at radius 2 is 1.95 bits per heavy atom. The van der Waals surface area contributed by atoms with Gasteiger partial charge in [0.25, 0.3) is 5.91 Å². The zero-order valence-electron chi connectivity index (χ0n) is 12.3. The summed E-state index contributed by atoms with van der Waals surface area (Å²) in [5.74, 6) is 0.470. The highest BCUT2D eigenvalue weighted by Crippen LogP contribution is 2.19. The third-order valence-electron chi connectivity index (χ3n) is 2.88. The van der Waals surface area contributed by atoms with Crippen LogP contribution in [0.25, 0.3) is 0 Å². The molecule has 0 saturated heterocycles. The third-order valence-corrected chi connectivity index (χ3v) is 3.11. The molecule has 116 valence electrons. The van der Waals surface area contributed by atoms with E-state index in [0.717, 1.165) is 0 Å². The Bertz CT molecular complexity index is 631. The minimum absolute atomic E-state index is 0.214. The fourth-order valence-electron chi connectivity index (χ4n) is 1.86. The maximum atomic E-state index is 12.1. The largest absolute Gasteiger partial charge is 0.491 e. The van der Waals surface area contributed by atoms with Gasteiger partial charge in [0.05, 0.1) is 6.61 Å². The lowest BCUT2D eigenvalue weighted by Crippen LogP contribution is -2.12. The Morgan fingerprint density at radius 3 is 2.73 bits per heavy atom. The van der Waals surface area contributed by atoms with E-state index < -0.39 is 0 Å². The van der Waals surface area contributed by atoms with Gasteiger partial charge in [-0.25, -0.2) is 0 Å². The smallest absolute Gasteiger partial charge is 0.255 e. The first-order valence-electron chi connectivity index (χ1n) is 7.06. The third kappa shape index (κ3) is 5.06. The fourth-order valence-corrected chi connectivity index (χ4v) is 2.05. The average molecular weight is 320 g/mol. The molecule has 2 aromatic rings. The second-order valence-electron chi connectivity index (χ2n) is 4.54. The van der Waals surface area contributed by atoms with E-state index >= 15 is 0 Å². The molecule has 2 rings (SSSR count). The normalized spacial score (nSPS) is 10.3. The topological polar surface area (TPSA) is 47.6 Å². The average Bonchev–Trinajstić information content (AvgIpc) is 2.52. The molecule has 0 aliphatic carbocycles. The van der Waals surface area contributed by atoms with Gasteiger partial charge in [0.2, 0.25) is 0 Å². The first-order valence-corrected chi connectivity index (χ1v) is 7.44. The molecule has 0 radical (unpaired) electrons. The summed E-state index contributed by atoms with van der Waals surface area (Å²) in [7, 11) is 0. The van der Waals surface area contributed by atoms with Crippen molar-refractivity contribution in [3.63, 3.8) is 0 Å². The van der Waals surface area contributed by atoms with Gasteiger partial charge < -0.3 is 14.8 Å². The predicted octanol–water partition coefficient (Wildman–Crippen LogP) is 4.01. The summed E-state index contributed by atoms with van der Waals surface area (Å²) in [6.45, 7) is 3.61. The minimum atomic E-state index is -0.214. The SMILES string of the molecule is CCOCCOc1cccc(NC(=O)c2cccc(Cl)c2)c1. The van der Waals surface area contributed by atoms with Crippen LogP contribution in [-0.4, -0.2) is 25.7 Å². The van der Waals surface area contributed by atoms with Crippen LogP contribution in [0, 0.1) is 0 Å². The molecule has 2 aromatic carbocycles. The van der Waals surface area contributed by atoms with E-state index in [9.17, 15) is 4.79 Å². The van der Waals surface area contributed by atoms with Crippen molar-refractivity contribution in [1.82, 2.24) is 0 Å². The number of halogens is 1. The number of rotatable bonds is 7. The van der Waals surface area contributed by atoms with E-state index in [2.05, 4.69) is 5.32 Å². The van der Waals surface area contributed by atoms with Crippen molar-refractivity contribution in [2.75, 3.05) is 25.1 Å². The van der Waals surface area contributed by atoms with Gasteiger partial charge in [-0.2, -0.15) is 0 Å². The number of amides is 1. The standard InChI is InChI=1S/C17H18ClNO3/c1-2-21-9-10-22-16-8-4-7-15(12-16)19-17(20)13-5-3-6-14(18)11-13/h3-8,11-12H,2,9-10H2,1H3,(H,19,20). The van der Waals surface area contributed by atoms with Gasteiger partial charge in [-0.3, -0.25) is 4.79 Å².